The van der Waals surface area contributed by atoms with Gasteiger partial charge in [0.2, 0.25) is 5.91 Å². The summed E-state index contributed by atoms with van der Waals surface area (Å²) >= 11 is 1.35. The first-order valence-electron chi connectivity index (χ1n) is 6.25. The molecule has 3 N–H and O–H groups in total. The Morgan fingerprint density at radius 1 is 1.55 bits per heavy atom. The predicted molar refractivity (Wildman–Crippen MR) is 79.6 cm³/mol. The zero-order valence-corrected chi connectivity index (χ0v) is 12.6. The molecule has 0 radical (unpaired) electrons. The Bertz CT molecular complexity index is 683. The molecule has 0 saturated carbocycles. The third-order valence-corrected chi connectivity index (χ3v) is 3.69. The number of hydrogen-bond acceptors (Lipinski definition) is 5. The highest BCUT2D eigenvalue weighted by molar-refractivity contribution is 7.17. The number of aromatic nitrogens is 2. The lowest BCUT2D eigenvalue weighted by Crippen LogP contribution is -2.39. The van der Waals surface area contributed by atoms with Crippen molar-refractivity contribution in [2.45, 2.75) is 32.4 Å². The van der Waals surface area contributed by atoms with Crippen molar-refractivity contribution in [3.8, 4) is 0 Å². The van der Waals surface area contributed by atoms with Gasteiger partial charge in [-0.1, -0.05) is 0 Å². The minimum Gasteiger partial charge on any atom is -0.338 e. The molecule has 2 aromatic heterocycles. The molecule has 0 aliphatic heterocycles. The van der Waals surface area contributed by atoms with Crippen molar-refractivity contribution in [3.63, 3.8) is 0 Å². The van der Waals surface area contributed by atoms with E-state index in [0.29, 0.717) is 16.0 Å². The number of H-pyrrole nitrogens is 1. The highest BCUT2D eigenvalue weighted by Crippen LogP contribution is 2.14. The molecule has 20 heavy (non-hydrogen) atoms. The molecular formula is C13H18N4O2S. The zero-order valence-electron chi connectivity index (χ0n) is 11.8. The summed E-state index contributed by atoms with van der Waals surface area (Å²) in [5, 5.41) is 1.82. The number of nitrogens with zero attached hydrogens (tertiary/aromatic N) is 2. The molecule has 0 bridgehead atoms. The van der Waals surface area contributed by atoms with Crippen molar-refractivity contribution in [2.75, 3.05) is 7.05 Å². The molecule has 7 heteroatoms. The topological polar surface area (TPSA) is 92.1 Å². The van der Waals surface area contributed by atoms with Crippen molar-refractivity contribution >= 4 is 27.5 Å². The summed E-state index contributed by atoms with van der Waals surface area (Å²) in [6, 6.07) is 1.80. The summed E-state index contributed by atoms with van der Waals surface area (Å²) in [6.07, 6.45) is 0.244. The highest BCUT2D eigenvalue weighted by atomic mass is 32.1. The van der Waals surface area contributed by atoms with Crippen LogP contribution in [0, 0.1) is 0 Å². The van der Waals surface area contributed by atoms with Crippen molar-refractivity contribution < 1.29 is 4.79 Å². The lowest BCUT2D eigenvalue weighted by atomic mass is 10.0. The maximum Gasteiger partial charge on any atom is 0.268 e. The first-order chi connectivity index (χ1) is 9.26. The van der Waals surface area contributed by atoms with E-state index in [4.69, 9.17) is 5.73 Å². The van der Waals surface area contributed by atoms with Crippen LogP contribution in [0.25, 0.3) is 10.2 Å². The van der Waals surface area contributed by atoms with Gasteiger partial charge in [-0.2, -0.15) is 0 Å². The molecule has 2 rings (SSSR count). The van der Waals surface area contributed by atoms with Crippen LogP contribution in [-0.2, 0) is 11.3 Å². The van der Waals surface area contributed by atoms with E-state index in [1.165, 1.54) is 16.2 Å². The Labute approximate surface area is 120 Å². The summed E-state index contributed by atoms with van der Waals surface area (Å²) in [7, 11) is 1.67. The van der Waals surface area contributed by atoms with Gasteiger partial charge in [-0.25, -0.2) is 4.98 Å². The zero-order chi connectivity index (χ0) is 14.9. The van der Waals surface area contributed by atoms with Gasteiger partial charge in [0.25, 0.3) is 5.56 Å². The molecule has 2 heterocycles. The van der Waals surface area contributed by atoms with E-state index in [0.717, 1.165) is 0 Å². The Morgan fingerprint density at radius 2 is 2.25 bits per heavy atom. The Balaban J connectivity index is 2.15. The molecule has 6 nitrogen and oxygen atoms in total. The molecule has 2 aromatic rings. The van der Waals surface area contributed by atoms with Crippen LogP contribution in [0.3, 0.4) is 0 Å². The first-order valence-corrected chi connectivity index (χ1v) is 7.13. The van der Waals surface area contributed by atoms with E-state index < -0.39 is 5.54 Å². The lowest BCUT2D eigenvalue weighted by Gasteiger charge is -2.22. The average Bonchev–Trinajstić information content (AvgIpc) is 2.75. The van der Waals surface area contributed by atoms with Crippen LogP contribution in [-0.4, -0.2) is 33.4 Å². The number of nitrogens with two attached hydrogens (primary N) is 1. The lowest BCUT2D eigenvalue weighted by molar-refractivity contribution is -0.131. The van der Waals surface area contributed by atoms with E-state index in [-0.39, 0.29) is 24.4 Å². The van der Waals surface area contributed by atoms with Crippen LogP contribution in [0.1, 0.15) is 26.1 Å². The fraction of sp³-hybridized carbons (Fsp3) is 0.462. The van der Waals surface area contributed by atoms with Gasteiger partial charge in [0.15, 0.2) is 0 Å². The smallest absolute Gasteiger partial charge is 0.268 e. The van der Waals surface area contributed by atoms with Crippen LogP contribution in [0.5, 0.6) is 0 Å². The number of carbonyl (C=O) groups is 1. The molecule has 0 aromatic carbocycles. The van der Waals surface area contributed by atoms with E-state index >= 15 is 0 Å². The second-order valence-electron chi connectivity index (χ2n) is 5.56. The molecule has 0 aliphatic carbocycles. The summed E-state index contributed by atoms with van der Waals surface area (Å²) in [5.41, 5.74) is 5.77. The van der Waals surface area contributed by atoms with Crippen molar-refractivity contribution in [3.05, 3.63) is 27.6 Å². The standard InChI is InChI=1S/C13H18N4O2S/c1-13(2,14)6-10(18)17(3)7-9-15-8-4-5-20-11(8)12(19)16-9/h4-5H,6-7,14H2,1-3H3,(H,15,16,19). The Kier molecular flexibility index (Phi) is 3.92. The number of hydrogen-bond donors (Lipinski definition) is 2. The molecule has 0 spiro atoms. The van der Waals surface area contributed by atoms with E-state index in [1.807, 2.05) is 5.38 Å². The van der Waals surface area contributed by atoms with E-state index in [9.17, 15) is 9.59 Å². The molecular weight excluding hydrogens is 276 g/mol. The van der Waals surface area contributed by atoms with Crippen LogP contribution >= 0.6 is 11.3 Å². The maximum atomic E-state index is 12.0. The molecule has 0 saturated heterocycles. The third kappa shape index (κ3) is 3.43. The number of thiophene rings is 1. The van der Waals surface area contributed by atoms with Gasteiger partial charge in [0, 0.05) is 19.0 Å². The molecule has 0 fully saturated rings. The summed E-state index contributed by atoms with van der Waals surface area (Å²) < 4.78 is 0.603. The van der Waals surface area contributed by atoms with Crippen LogP contribution in [0.2, 0.25) is 0 Å². The Morgan fingerprint density at radius 3 is 2.90 bits per heavy atom. The minimum absolute atomic E-state index is 0.0782. The number of aromatic amines is 1. The number of carbonyl (C=O) groups excluding carboxylic acids is 1. The first kappa shape index (κ1) is 14.7. The van der Waals surface area contributed by atoms with Gasteiger partial charge in [0.05, 0.1) is 12.1 Å². The quantitative estimate of drug-likeness (QED) is 0.882. The minimum atomic E-state index is -0.552. The van der Waals surface area contributed by atoms with E-state index in [2.05, 4.69) is 9.97 Å². The van der Waals surface area contributed by atoms with Gasteiger partial charge < -0.3 is 15.6 Å². The van der Waals surface area contributed by atoms with Crippen molar-refractivity contribution in [2.24, 2.45) is 5.73 Å². The number of fused-ring (bicyclic) bond motifs is 1. The van der Waals surface area contributed by atoms with Gasteiger partial charge in [0.1, 0.15) is 10.5 Å². The second kappa shape index (κ2) is 5.34. The van der Waals surface area contributed by atoms with Crippen LogP contribution < -0.4 is 11.3 Å². The number of nitrogens with one attached hydrogen (secondary N) is 1. The fourth-order valence-corrected chi connectivity index (χ4v) is 2.56. The molecule has 0 aliphatic rings. The maximum absolute atomic E-state index is 12.0. The second-order valence-corrected chi connectivity index (χ2v) is 6.48. The highest BCUT2D eigenvalue weighted by Gasteiger charge is 2.20. The summed E-state index contributed by atoms with van der Waals surface area (Å²) in [6.45, 7) is 3.86. The van der Waals surface area contributed by atoms with Gasteiger partial charge >= 0.3 is 0 Å². The molecule has 0 unspecified atom stereocenters. The predicted octanol–water partition coefficient (Wildman–Crippen LogP) is 1.07. The normalized spacial score (nSPS) is 11.8. The fourth-order valence-electron chi connectivity index (χ4n) is 1.83. The van der Waals surface area contributed by atoms with Crippen LogP contribution in [0.4, 0.5) is 0 Å². The SMILES string of the molecule is CN(Cc1nc2ccsc2c(=O)[nH]1)C(=O)CC(C)(C)N. The van der Waals surface area contributed by atoms with Gasteiger partial charge in [-0.05, 0) is 25.3 Å². The largest absolute Gasteiger partial charge is 0.338 e. The van der Waals surface area contributed by atoms with Crippen molar-refractivity contribution in [1.82, 2.24) is 14.9 Å². The number of rotatable bonds is 4. The van der Waals surface area contributed by atoms with Crippen LogP contribution in [0.15, 0.2) is 16.2 Å². The third-order valence-electron chi connectivity index (χ3n) is 2.78. The van der Waals surface area contributed by atoms with Crippen molar-refractivity contribution in [1.29, 1.82) is 0 Å². The van der Waals surface area contributed by atoms with Gasteiger partial charge in [-0.15, -0.1) is 11.3 Å². The summed E-state index contributed by atoms with van der Waals surface area (Å²) in [5.74, 6) is 0.400. The average molecular weight is 294 g/mol. The summed E-state index contributed by atoms with van der Waals surface area (Å²) in [4.78, 5) is 32.4. The molecule has 0 atom stereocenters. The molecule has 1 amide bonds. The monoisotopic (exact) mass is 294 g/mol. The number of amides is 1. The van der Waals surface area contributed by atoms with Gasteiger partial charge in [-0.3, -0.25) is 9.59 Å². The van der Waals surface area contributed by atoms with E-state index in [1.54, 1.807) is 27.0 Å². The Hall–Kier alpha value is -1.73. The molecule has 108 valence electrons.